The Labute approximate surface area is 313 Å². The molecule has 4 aromatic heterocycles. The summed E-state index contributed by atoms with van der Waals surface area (Å²) in [5.74, 6) is -1.45. The molecule has 3 aliphatic rings. The number of carbonyl (C=O) groups excluding carboxylic acids is 3. The van der Waals surface area contributed by atoms with E-state index in [1.165, 1.54) is 32.4 Å². The highest BCUT2D eigenvalue weighted by atomic mass is 19.3. The fraction of sp³-hybridized carbons (Fsp3) is 0.486. The van der Waals surface area contributed by atoms with Gasteiger partial charge in [0, 0.05) is 57.7 Å². The number of imide groups is 1. The van der Waals surface area contributed by atoms with Gasteiger partial charge in [0.25, 0.3) is 12.3 Å². The number of hydrogen-bond acceptors (Lipinski definition) is 9. The molecule has 6 heterocycles. The smallest absolute Gasteiger partial charge is 0.329 e. The third-order valence-corrected chi connectivity index (χ3v) is 11.5. The Morgan fingerprint density at radius 1 is 1.09 bits per heavy atom. The summed E-state index contributed by atoms with van der Waals surface area (Å²) in [6.45, 7) is 1.61. The highest BCUT2D eigenvalue weighted by molar-refractivity contribution is 6.08. The van der Waals surface area contributed by atoms with Crippen molar-refractivity contribution in [3.63, 3.8) is 0 Å². The van der Waals surface area contributed by atoms with Crippen molar-refractivity contribution < 1.29 is 27.6 Å². The Morgan fingerprint density at radius 3 is 2.58 bits per heavy atom. The number of anilines is 2. The van der Waals surface area contributed by atoms with Gasteiger partial charge in [-0.3, -0.25) is 33.5 Å². The Hall–Kier alpha value is -5.52. The predicted molar refractivity (Wildman–Crippen MR) is 196 cm³/mol. The standard InChI is InChI=1S/C37H42F3N11O4/c1-46(22-11-17-48(18-12-22)26-5-3-6-27-31(26)47(2)36(55)51(27)28-7-8-29(52)44-35(28)54)21-37(40)13-9-23(10-14-37)50-20-25(30(45-50)32(38)39)43-34(53)24-19-42-49-16-4-15-41-33(24)49/h3-6,15-16,19-20,22-23,28,32H,7-14,17-18,21H2,1-2H3,(H,43,53)(H,44,52,54)/t23-,28?,37-. The third-order valence-electron chi connectivity index (χ3n) is 11.5. The minimum Gasteiger partial charge on any atom is -0.370 e. The van der Waals surface area contributed by atoms with Crippen LogP contribution in [0.4, 0.5) is 24.5 Å². The summed E-state index contributed by atoms with van der Waals surface area (Å²) in [4.78, 5) is 59.3. The van der Waals surface area contributed by atoms with Gasteiger partial charge in [-0.15, -0.1) is 0 Å². The molecule has 55 heavy (non-hydrogen) atoms. The van der Waals surface area contributed by atoms with Crippen LogP contribution in [0, 0.1) is 0 Å². The van der Waals surface area contributed by atoms with Crippen molar-refractivity contribution in [1.82, 2.24) is 43.7 Å². The number of amides is 3. The molecular formula is C37H42F3N11O4. The molecule has 1 aromatic carbocycles. The lowest BCUT2D eigenvalue weighted by Crippen LogP contribution is -2.49. The van der Waals surface area contributed by atoms with Crippen molar-refractivity contribution in [2.24, 2.45) is 7.05 Å². The molecule has 0 spiro atoms. The molecule has 2 saturated heterocycles. The highest BCUT2D eigenvalue weighted by Gasteiger charge is 2.40. The number of imidazole rings is 1. The number of halogens is 3. The van der Waals surface area contributed by atoms with Crippen LogP contribution in [0.15, 0.2) is 53.8 Å². The fourth-order valence-corrected chi connectivity index (χ4v) is 8.60. The summed E-state index contributed by atoms with van der Waals surface area (Å²) in [5.41, 5.74) is 0.227. The molecule has 18 heteroatoms. The molecule has 0 radical (unpaired) electrons. The largest absolute Gasteiger partial charge is 0.370 e. The normalized spacial score (nSPS) is 22.6. The molecule has 1 saturated carbocycles. The van der Waals surface area contributed by atoms with E-state index in [-0.39, 0.29) is 72.8 Å². The van der Waals surface area contributed by atoms with Crippen molar-refractivity contribution in [3.05, 3.63) is 70.8 Å². The lowest BCUT2D eigenvalue weighted by atomic mass is 9.83. The lowest BCUT2D eigenvalue weighted by molar-refractivity contribution is -0.135. The minimum absolute atomic E-state index is 0.108. The number of para-hydroxylation sites is 1. The summed E-state index contributed by atoms with van der Waals surface area (Å²) >= 11 is 0. The number of benzene rings is 1. The van der Waals surface area contributed by atoms with E-state index >= 15 is 4.39 Å². The molecule has 0 bridgehead atoms. The predicted octanol–water partition coefficient (Wildman–Crippen LogP) is 4.17. The molecule has 290 valence electrons. The zero-order valence-electron chi connectivity index (χ0n) is 30.5. The average Bonchev–Trinajstić information content (AvgIpc) is 3.86. The van der Waals surface area contributed by atoms with Crippen molar-refractivity contribution in [3.8, 4) is 0 Å². The number of aromatic nitrogens is 7. The van der Waals surface area contributed by atoms with Crippen LogP contribution in [0.25, 0.3) is 16.7 Å². The maximum absolute atomic E-state index is 16.4. The number of nitrogens with one attached hydrogen (secondary N) is 2. The van der Waals surface area contributed by atoms with E-state index in [0.29, 0.717) is 31.4 Å². The summed E-state index contributed by atoms with van der Waals surface area (Å²) in [6.07, 6.45) is 6.18. The topological polar surface area (TPSA) is 157 Å². The van der Waals surface area contributed by atoms with E-state index in [1.54, 1.807) is 23.9 Å². The first-order valence-corrected chi connectivity index (χ1v) is 18.6. The van der Waals surface area contributed by atoms with Crippen LogP contribution in [0.5, 0.6) is 0 Å². The van der Waals surface area contributed by atoms with Crippen LogP contribution in [-0.4, -0.2) is 94.5 Å². The molecule has 3 fully saturated rings. The molecule has 15 nitrogen and oxygen atoms in total. The monoisotopic (exact) mass is 761 g/mol. The molecule has 2 aliphatic heterocycles. The number of aryl methyl sites for hydroxylation is 1. The van der Waals surface area contributed by atoms with Crippen molar-refractivity contribution in [2.75, 3.05) is 36.9 Å². The van der Waals surface area contributed by atoms with E-state index in [2.05, 4.69) is 35.6 Å². The Morgan fingerprint density at radius 2 is 1.85 bits per heavy atom. The SMILES string of the molecule is CN(C[C@]1(F)CC[C@H](n2cc(NC(=O)c3cnn4cccnc34)c(C(F)F)n2)CC1)C1CCN(c2cccc3c2n(C)c(=O)n3C2CCC(=O)NC2=O)CC1. The quantitative estimate of drug-likeness (QED) is 0.211. The Balaban J connectivity index is 0.886. The van der Waals surface area contributed by atoms with Gasteiger partial charge in [0.2, 0.25) is 11.8 Å². The van der Waals surface area contributed by atoms with Gasteiger partial charge in [-0.05, 0) is 70.2 Å². The van der Waals surface area contributed by atoms with Gasteiger partial charge in [0.15, 0.2) is 11.3 Å². The van der Waals surface area contributed by atoms with Crippen molar-refractivity contribution in [2.45, 2.75) is 81.6 Å². The second kappa shape index (κ2) is 14.3. The molecule has 1 aliphatic carbocycles. The molecule has 8 rings (SSSR count). The number of hydrogen-bond donors (Lipinski definition) is 2. The number of fused-ring (bicyclic) bond motifs is 2. The van der Waals surface area contributed by atoms with Gasteiger partial charge in [-0.1, -0.05) is 6.07 Å². The minimum atomic E-state index is -2.93. The van der Waals surface area contributed by atoms with Crippen LogP contribution in [-0.2, 0) is 16.6 Å². The van der Waals surface area contributed by atoms with E-state index in [4.69, 9.17) is 0 Å². The second-order valence-electron chi connectivity index (χ2n) is 14.9. The van der Waals surface area contributed by atoms with E-state index in [9.17, 15) is 28.0 Å². The molecular weight excluding hydrogens is 719 g/mol. The molecule has 1 unspecified atom stereocenters. The maximum Gasteiger partial charge on any atom is 0.329 e. The summed E-state index contributed by atoms with van der Waals surface area (Å²) < 4.78 is 50.4. The van der Waals surface area contributed by atoms with Crippen molar-refractivity contribution in [1.29, 1.82) is 0 Å². The molecule has 3 amide bonds. The van der Waals surface area contributed by atoms with Crippen LogP contribution < -0.4 is 21.2 Å². The number of rotatable bonds is 9. The van der Waals surface area contributed by atoms with Crippen LogP contribution in [0.3, 0.4) is 0 Å². The molecule has 5 aromatic rings. The summed E-state index contributed by atoms with van der Waals surface area (Å²) in [6, 6.07) is 6.38. The first kappa shape index (κ1) is 36.5. The van der Waals surface area contributed by atoms with Crippen LogP contribution in [0.1, 0.15) is 85.9 Å². The number of alkyl halides is 3. The summed E-state index contributed by atoms with van der Waals surface area (Å²) in [5, 5.41) is 13.1. The van der Waals surface area contributed by atoms with Gasteiger partial charge in [0.1, 0.15) is 17.3 Å². The molecule has 2 N–H and O–H groups in total. The first-order valence-electron chi connectivity index (χ1n) is 18.6. The van der Waals surface area contributed by atoms with Gasteiger partial charge in [0.05, 0.1) is 34.6 Å². The maximum atomic E-state index is 16.4. The van der Waals surface area contributed by atoms with Crippen LogP contribution >= 0.6 is 0 Å². The fourth-order valence-electron chi connectivity index (χ4n) is 8.60. The second-order valence-corrected chi connectivity index (χ2v) is 14.9. The van der Waals surface area contributed by atoms with Gasteiger partial charge >= 0.3 is 5.69 Å². The first-order chi connectivity index (χ1) is 26.4. The lowest BCUT2D eigenvalue weighted by Gasteiger charge is -2.42. The van der Waals surface area contributed by atoms with E-state index < -0.39 is 35.6 Å². The van der Waals surface area contributed by atoms with Gasteiger partial charge < -0.3 is 15.1 Å². The zero-order chi connectivity index (χ0) is 38.6. The van der Waals surface area contributed by atoms with E-state index in [1.807, 2.05) is 25.2 Å². The van der Waals surface area contributed by atoms with Gasteiger partial charge in [-0.2, -0.15) is 10.2 Å². The number of carbonyl (C=O) groups is 3. The number of piperidine rings is 2. The highest BCUT2D eigenvalue weighted by Crippen LogP contribution is 2.40. The number of nitrogens with zero attached hydrogens (tertiary/aromatic N) is 9. The average molecular weight is 762 g/mol. The van der Waals surface area contributed by atoms with E-state index in [0.717, 1.165) is 24.0 Å². The zero-order valence-corrected chi connectivity index (χ0v) is 30.5. The van der Waals surface area contributed by atoms with Gasteiger partial charge in [-0.25, -0.2) is 27.5 Å². The van der Waals surface area contributed by atoms with Crippen LogP contribution in [0.2, 0.25) is 0 Å². The molecule has 1 atom stereocenters. The Kier molecular flexibility index (Phi) is 9.47. The summed E-state index contributed by atoms with van der Waals surface area (Å²) in [7, 11) is 3.63. The Bertz CT molecular complexity index is 2330. The van der Waals surface area contributed by atoms with Crippen molar-refractivity contribution >= 4 is 45.8 Å². The third kappa shape index (κ3) is 6.76.